The van der Waals surface area contributed by atoms with E-state index in [2.05, 4.69) is 22.9 Å². The number of fused-ring (bicyclic) bond motifs is 1. The fourth-order valence-corrected chi connectivity index (χ4v) is 6.19. The van der Waals surface area contributed by atoms with Gasteiger partial charge in [-0.1, -0.05) is 57.6 Å². The van der Waals surface area contributed by atoms with Gasteiger partial charge in [-0.2, -0.15) is 0 Å². The first kappa shape index (κ1) is 29.1. The van der Waals surface area contributed by atoms with E-state index < -0.39 is 6.04 Å². The third kappa shape index (κ3) is 6.48. The Bertz CT molecular complexity index is 1350. The number of para-hydroxylation sites is 1. The SMILES string of the molecule is CCCCCN(C(=O)CCC1CCCC1)C(C)c1nc2ccccc2c(=O)n1-c1cc(OC)cc(OC)c1Br. The predicted molar refractivity (Wildman–Crippen MR) is 159 cm³/mol. The number of carbonyl (C=O) groups excluding carboxylic acids is 1. The summed E-state index contributed by atoms with van der Waals surface area (Å²) in [5, 5.41) is 0.507. The highest BCUT2D eigenvalue weighted by atomic mass is 79.9. The summed E-state index contributed by atoms with van der Waals surface area (Å²) in [6.07, 6.45) is 9.42. The summed E-state index contributed by atoms with van der Waals surface area (Å²) in [5.74, 6) is 2.37. The van der Waals surface area contributed by atoms with Crippen LogP contribution in [0.25, 0.3) is 16.6 Å². The van der Waals surface area contributed by atoms with Crippen molar-refractivity contribution in [2.75, 3.05) is 20.8 Å². The molecule has 0 aliphatic heterocycles. The van der Waals surface area contributed by atoms with E-state index in [-0.39, 0.29) is 11.5 Å². The lowest BCUT2D eigenvalue weighted by Crippen LogP contribution is -2.38. The van der Waals surface area contributed by atoms with Crippen LogP contribution in [0.3, 0.4) is 0 Å². The number of unbranched alkanes of at least 4 members (excludes halogenated alkanes) is 2. The van der Waals surface area contributed by atoms with Crippen molar-refractivity contribution in [3.05, 3.63) is 57.0 Å². The first-order valence-corrected chi connectivity index (χ1v) is 14.9. The first-order chi connectivity index (χ1) is 18.9. The molecule has 2 aromatic carbocycles. The van der Waals surface area contributed by atoms with Gasteiger partial charge in [-0.3, -0.25) is 14.2 Å². The summed E-state index contributed by atoms with van der Waals surface area (Å²) in [7, 11) is 3.16. The number of aromatic nitrogens is 2. The molecular weight excluding hydrogens is 558 g/mol. The van der Waals surface area contributed by atoms with Crippen LogP contribution in [0.1, 0.15) is 83.5 Å². The van der Waals surface area contributed by atoms with Crippen LogP contribution in [0.15, 0.2) is 45.7 Å². The highest BCUT2D eigenvalue weighted by Gasteiger charge is 2.28. The number of nitrogens with zero attached hydrogens (tertiary/aromatic N) is 3. The van der Waals surface area contributed by atoms with Crippen LogP contribution in [0.2, 0.25) is 0 Å². The highest BCUT2D eigenvalue weighted by molar-refractivity contribution is 9.10. The number of halogens is 1. The van der Waals surface area contributed by atoms with E-state index in [9.17, 15) is 9.59 Å². The molecule has 1 aliphatic rings. The van der Waals surface area contributed by atoms with Crippen LogP contribution in [0, 0.1) is 5.92 Å². The molecule has 0 N–H and O–H groups in total. The van der Waals surface area contributed by atoms with Crippen molar-refractivity contribution < 1.29 is 14.3 Å². The molecule has 1 heterocycles. The molecule has 39 heavy (non-hydrogen) atoms. The summed E-state index contributed by atoms with van der Waals surface area (Å²) in [6.45, 7) is 4.77. The molecule has 3 aromatic rings. The molecule has 7 nitrogen and oxygen atoms in total. The van der Waals surface area contributed by atoms with Gasteiger partial charge in [0, 0.05) is 25.1 Å². The van der Waals surface area contributed by atoms with Gasteiger partial charge >= 0.3 is 0 Å². The highest BCUT2D eigenvalue weighted by Crippen LogP contribution is 2.37. The van der Waals surface area contributed by atoms with Crippen molar-refractivity contribution in [2.45, 2.75) is 77.7 Å². The van der Waals surface area contributed by atoms with Gasteiger partial charge in [0.2, 0.25) is 5.91 Å². The van der Waals surface area contributed by atoms with E-state index in [0.29, 0.717) is 57.3 Å². The quantitative estimate of drug-likeness (QED) is 0.206. The Morgan fingerprint density at radius 2 is 1.90 bits per heavy atom. The number of carbonyl (C=O) groups is 1. The minimum Gasteiger partial charge on any atom is -0.497 e. The Labute approximate surface area is 239 Å². The summed E-state index contributed by atoms with van der Waals surface area (Å²) in [5.41, 5.74) is 0.965. The zero-order valence-electron chi connectivity index (χ0n) is 23.5. The number of hydrogen-bond donors (Lipinski definition) is 0. The second-order valence-electron chi connectivity index (χ2n) is 10.4. The van der Waals surface area contributed by atoms with E-state index in [1.54, 1.807) is 37.0 Å². The second-order valence-corrected chi connectivity index (χ2v) is 11.2. The van der Waals surface area contributed by atoms with Crippen molar-refractivity contribution in [3.8, 4) is 17.2 Å². The van der Waals surface area contributed by atoms with Crippen molar-refractivity contribution >= 4 is 32.7 Å². The van der Waals surface area contributed by atoms with Crippen molar-refractivity contribution in [3.63, 3.8) is 0 Å². The van der Waals surface area contributed by atoms with Gasteiger partial charge in [-0.15, -0.1) is 0 Å². The fraction of sp³-hybridized carbons (Fsp3) is 0.516. The van der Waals surface area contributed by atoms with E-state index in [1.807, 2.05) is 30.0 Å². The van der Waals surface area contributed by atoms with Gasteiger partial charge in [-0.05, 0) is 53.7 Å². The lowest BCUT2D eigenvalue weighted by atomic mass is 10.0. The van der Waals surface area contributed by atoms with Gasteiger partial charge in [0.1, 0.15) is 17.3 Å². The molecule has 1 aliphatic carbocycles. The zero-order valence-corrected chi connectivity index (χ0v) is 25.1. The molecule has 4 rings (SSSR count). The molecule has 0 saturated heterocycles. The number of methoxy groups -OCH3 is 2. The fourth-order valence-electron chi connectivity index (χ4n) is 5.63. The Balaban J connectivity index is 1.84. The number of ether oxygens (including phenoxy) is 2. The van der Waals surface area contributed by atoms with Crippen LogP contribution < -0.4 is 15.0 Å². The van der Waals surface area contributed by atoms with Gasteiger partial charge < -0.3 is 14.4 Å². The summed E-state index contributed by atoms with van der Waals surface area (Å²) >= 11 is 3.65. The van der Waals surface area contributed by atoms with Crippen molar-refractivity contribution in [1.82, 2.24) is 14.5 Å². The van der Waals surface area contributed by atoms with Crippen LogP contribution in [0.4, 0.5) is 0 Å². The van der Waals surface area contributed by atoms with E-state index in [4.69, 9.17) is 14.5 Å². The second kappa shape index (κ2) is 13.5. The largest absolute Gasteiger partial charge is 0.497 e. The van der Waals surface area contributed by atoms with E-state index >= 15 is 0 Å². The number of amides is 1. The van der Waals surface area contributed by atoms with Gasteiger partial charge in [0.05, 0.1) is 41.3 Å². The molecule has 8 heteroatoms. The lowest BCUT2D eigenvalue weighted by Gasteiger charge is -2.31. The van der Waals surface area contributed by atoms with Crippen molar-refractivity contribution in [1.29, 1.82) is 0 Å². The maximum atomic E-state index is 14.1. The molecule has 1 atom stereocenters. The number of hydrogen-bond acceptors (Lipinski definition) is 5. The number of rotatable bonds is 12. The monoisotopic (exact) mass is 597 g/mol. The average Bonchev–Trinajstić information content (AvgIpc) is 3.48. The molecule has 210 valence electrons. The summed E-state index contributed by atoms with van der Waals surface area (Å²) in [4.78, 5) is 34.7. The zero-order chi connectivity index (χ0) is 27.9. The molecular formula is C31H40BrN3O4. The Morgan fingerprint density at radius 1 is 1.15 bits per heavy atom. The van der Waals surface area contributed by atoms with Gasteiger partial charge in [-0.25, -0.2) is 4.98 Å². The summed E-state index contributed by atoms with van der Waals surface area (Å²) < 4.78 is 13.3. The molecule has 1 fully saturated rings. The Hall–Kier alpha value is -2.87. The molecule has 1 unspecified atom stereocenters. The molecule has 0 spiro atoms. The Kier molecular flexibility index (Phi) is 10.1. The van der Waals surface area contributed by atoms with Gasteiger partial charge in [0.25, 0.3) is 5.56 Å². The normalized spacial score (nSPS) is 14.5. The molecule has 0 bridgehead atoms. The topological polar surface area (TPSA) is 73.7 Å². The van der Waals surface area contributed by atoms with Crippen LogP contribution >= 0.6 is 15.9 Å². The van der Waals surface area contributed by atoms with Crippen LogP contribution in [0.5, 0.6) is 11.5 Å². The molecule has 1 amide bonds. The maximum Gasteiger partial charge on any atom is 0.266 e. The minimum atomic E-state index is -0.417. The first-order valence-electron chi connectivity index (χ1n) is 14.1. The maximum absolute atomic E-state index is 14.1. The standard InChI is InChI=1S/C31H40BrN3O4/c1-5-6-11-18-34(28(36)17-16-22-12-7-8-13-22)21(2)30-33-25-15-10-9-14-24(25)31(37)35(30)26-19-23(38-3)20-27(39-4)29(26)32/h9-10,14-15,19-22H,5-8,11-13,16-18H2,1-4H3. The number of benzene rings is 2. The third-order valence-corrected chi connectivity index (χ3v) is 8.69. The van der Waals surface area contributed by atoms with Crippen molar-refractivity contribution in [2.24, 2.45) is 5.92 Å². The van der Waals surface area contributed by atoms with E-state index in [1.165, 1.54) is 25.7 Å². The van der Waals surface area contributed by atoms with E-state index in [0.717, 1.165) is 25.7 Å². The third-order valence-electron chi connectivity index (χ3n) is 7.90. The molecule has 1 saturated carbocycles. The van der Waals surface area contributed by atoms with Gasteiger partial charge in [0.15, 0.2) is 0 Å². The summed E-state index contributed by atoms with van der Waals surface area (Å²) in [6, 6.07) is 10.5. The van der Waals surface area contributed by atoms with Crippen LogP contribution in [-0.2, 0) is 4.79 Å². The average molecular weight is 599 g/mol. The molecule has 0 radical (unpaired) electrons. The minimum absolute atomic E-state index is 0.127. The lowest BCUT2D eigenvalue weighted by molar-refractivity contribution is -0.134. The van der Waals surface area contributed by atoms with Crippen LogP contribution in [-0.4, -0.2) is 41.1 Å². The smallest absolute Gasteiger partial charge is 0.266 e. The molecule has 1 aromatic heterocycles. The Morgan fingerprint density at radius 3 is 2.59 bits per heavy atom. The predicted octanol–water partition coefficient (Wildman–Crippen LogP) is 7.22.